The number of rotatable bonds is 10. The number of sulfonamides is 1. The highest BCUT2D eigenvalue weighted by molar-refractivity contribution is 7.89. The molecular formula is C23H34N2O5S. The predicted molar refractivity (Wildman–Crippen MR) is 122 cm³/mol. The Labute approximate surface area is 186 Å². The minimum Gasteiger partial charge on any atom is -0.493 e. The fourth-order valence-electron chi connectivity index (χ4n) is 3.90. The van der Waals surface area contributed by atoms with E-state index in [9.17, 15) is 13.2 Å². The van der Waals surface area contributed by atoms with Crippen LogP contribution in [-0.2, 0) is 14.8 Å². The van der Waals surface area contributed by atoms with Crippen molar-refractivity contribution < 1.29 is 22.7 Å². The number of methoxy groups -OCH3 is 1. The van der Waals surface area contributed by atoms with Crippen LogP contribution in [0, 0.1) is 18.3 Å². The molecule has 1 fully saturated rings. The van der Waals surface area contributed by atoms with E-state index in [2.05, 4.69) is 16.0 Å². The summed E-state index contributed by atoms with van der Waals surface area (Å²) in [6.07, 6.45) is 9.10. The Balaban J connectivity index is 2.22. The molecule has 0 heterocycles. The highest BCUT2D eigenvalue weighted by Crippen LogP contribution is 2.37. The van der Waals surface area contributed by atoms with Gasteiger partial charge in [0.25, 0.3) is 0 Å². The van der Waals surface area contributed by atoms with E-state index in [0.29, 0.717) is 11.5 Å². The number of nitrogens with one attached hydrogen (secondary N) is 2. The molecule has 0 aliphatic heterocycles. The van der Waals surface area contributed by atoms with Gasteiger partial charge in [0.1, 0.15) is 12.6 Å². The molecule has 0 bridgehead atoms. The highest BCUT2D eigenvalue weighted by Gasteiger charge is 2.33. The molecule has 1 saturated carbocycles. The van der Waals surface area contributed by atoms with Crippen molar-refractivity contribution in [1.29, 1.82) is 0 Å². The number of hydrogen-bond donors (Lipinski definition) is 2. The zero-order chi connectivity index (χ0) is 23.0. The van der Waals surface area contributed by atoms with Crippen molar-refractivity contribution in [3.63, 3.8) is 0 Å². The highest BCUT2D eigenvalue weighted by atomic mass is 32.2. The first-order chi connectivity index (χ1) is 14.7. The quantitative estimate of drug-likeness (QED) is 0.535. The molecule has 1 aliphatic carbocycles. The molecule has 1 aromatic rings. The average molecular weight is 451 g/mol. The van der Waals surface area contributed by atoms with Crippen LogP contribution in [0.25, 0.3) is 0 Å². The monoisotopic (exact) mass is 450 g/mol. The summed E-state index contributed by atoms with van der Waals surface area (Å²) in [6, 6.07) is 4.85. The molecule has 0 aromatic heterocycles. The molecular weight excluding hydrogens is 416 g/mol. The molecule has 1 amide bonds. The van der Waals surface area contributed by atoms with Crippen LogP contribution < -0.4 is 19.5 Å². The first-order valence-corrected chi connectivity index (χ1v) is 12.4. The van der Waals surface area contributed by atoms with Crippen LogP contribution in [0.15, 0.2) is 18.2 Å². The molecule has 31 heavy (non-hydrogen) atoms. The van der Waals surface area contributed by atoms with Crippen molar-refractivity contribution in [2.75, 3.05) is 19.5 Å². The molecule has 1 aromatic carbocycles. The molecule has 3 atom stereocenters. The van der Waals surface area contributed by atoms with E-state index < -0.39 is 16.1 Å². The summed E-state index contributed by atoms with van der Waals surface area (Å²) in [5.41, 5.74) is 1.05. The van der Waals surface area contributed by atoms with Gasteiger partial charge < -0.3 is 14.8 Å². The minimum absolute atomic E-state index is 0.0660. The molecule has 172 valence electrons. The van der Waals surface area contributed by atoms with Gasteiger partial charge in [0.15, 0.2) is 11.5 Å². The van der Waals surface area contributed by atoms with Gasteiger partial charge in [0.05, 0.1) is 12.9 Å². The van der Waals surface area contributed by atoms with Gasteiger partial charge in [-0.3, -0.25) is 4.79 Å². The third-order valence-electron chi connectivity index (χ3n) is 5.66. The summed E-state index contributed by atoms with van der Waals surface area (Å²) < 4.78 is 37.6. The number of ether oxygens (including phenoxy) is 2. The van der Waals surface area contributed by atoms with Gasteiger partial charge in [-0.1, -0.05) is 38.7 Å². The number of carbonyl (C=O) groups is 1. The van der Waals surface area contributed by atoms with Gasteiger partial charge in [-0.05, 0) is 43.4 Å². The lowest BCUT2D eigenvalue weighted by Crippen LogP contribution is -2.53. The van der Waals surface area contributed by atoms with Gasteiger partial charge >= 0.3 is 0 Å². The minimum atomic E-state index is -3.49. The Morgan fingerprint density at radius 2 is 1.97 bits per heavy atom. The lowest BCUT2D eigenvalue weighted by atomic mass is 9.79. The number of amides is 1. The third-order valence-corrected chi connectivity index (χ3v) is 7.03. The van der Waals surface area contributed by atoms with Crippen LogP contribution in [0.1, 0.15) is 57.9 Å². The predicted octanol–water partition coefficient (Wildman–Crippen LogP) is 2.81. The molecule has 2 N–H and O–H groups in total. The van der Waals surface area contributed by atoms with Gasteiger partial charge in [-0.25, -0.2) is 13.1 Å². The Kier molecular flexibility index (Phi) is 9.20. The molecule has 7 nitrogen and oxygen atoms in total. The molecule has 0 spiro atoms. The van der Waals surface area contributed by atoms with Gasteiger partial charge in [-0.15, -0.1) is 6.42 Å². The summed E-state index contributed by atoms with van der Waals surface area (Å²) in [4.78, 5) is 13.0. The van der Waals surface area contributed by atoms with Crippen molar-refractivity contribution in [1.82, 2.24) is 10.0 Å². The smallest absolute Gasteiger partial charge is 0.238 e. The second kappa shape index (κ2) is 11.4. The van der Waals surface area contributed by atoms with Crippen molar-refractivity contribution in [3.8, 4) is 23.8 Å². The van der Waals surface area contributed by atoms with E-state index in [1.54, 1.807) is 14.0 Å². The number of benzene rings is 1. The maximum Gasteiger partial charge on any atom is 0.238 e. The van der Waals surface area contributed by atoms with E-state index in [1.807, 2.05) is 32.0 Å². The van der Waals surface area contributed by atoms with Crippen LogP contribution in [0.5, 0.6) is 11.5 Å². The second-order valence-electron chi connectivity index (χ2n) is 8.15. The number of hydrogen-bond acceptors (Lipinski definition) is 5. The van der Waals surface area contributed by atoms with Crippen LogP contribution in [-0.4, -0.2) is 45.9 Å². The molecule has 0 saturated heterocycles. The number of terminal acetylenes is 1. The average Bonchev–Trinajstić information content (AvgIpc) is 2.76. The van der Waals surface area contributed by atoms with Crippen LogP contribution in [0.2, 0.25) is 0 Å². The lowest BCUT2D eigenvalue weighted by molar-refractivity contribution is -0.124. The van der Waals surface area contributed by atoms with Crippen molar-refractivity contribution in [2.24, 2.45) is 5.92 Å². The lowest BCUT2D eigenvalue weighted by Gasteiger charge is -2.34. The van der Waals surface area contributed by atoms with E-state index in [4.69, 9.17) is 15.9 Å². The summed E-state index contributed by atoms with van der Waals surface area (Å²) in [5.74, 6) is 3.19. The number of carbonyl (C=O) groups excluding carboxylic acids is 1. The van der Waals surface area contributed by atoms with Crippen molar-refractivity contribution in [2.45, 2.75) is 64.5 Å². The summed E-state index contributed by atoms with van der Waals surface area (Å²) in [5, 5.41) is 3.12. The second-order valence-corrected chi connectivity index (χ2v) is 10.2. The van der Waals surface area contributed by atoms with E-state index in [0.717, 1.165) is 31.2 Å². The van der Waals surface area contributed by atoms with Crippen LogP contribution in [0.3, 0.4) is 0 Å². The largest absolute Gasteiger partial charge is 0.493 e. The SMILES string of the molecule is C#CCOc1ccc(C2CCCCC2NC(=O)[C@@H](NS(=O)(=O)CC)C(C)C)cc1OC. The Morgan fingerprint density at radius 1 is 1.26 bits per heavy atom. The summed E-state index contributed by atoms with van der Waals surface area (Å²) >= 11 is 0. The Morgan fingerprint density at radius 3 is 2.58 bits per heavy atom. The maximum atomic E-state index is 13.0. The zero-order valence-electron chi connectivity index (χ0n) is 18.8. The third kappa shape index (κ3) is 6.88. The molecule has 0 radical (unpaired) electrons. The van der Waals surface area contributed by atoms with Gasteiger partial charge in [0.2, 0.25) is 15.9 Å². The maximum absolute atomic E-state index is 13.0. The van der Waals surface area contributed by atoms with E-state index in [1.165, 1.54) is 0 Å². The zero-order valence-corrected chi connectivity index (χ0v) is 19.6. The topological polar surface area (TPSA) is 93.7 Å². The molecule has 2 rings (SSSR count). The summed E-state index contributed by atoms with van der Waals surface area (Å²) in [7, 11) is -1.91. The van der Waals surface area contributed by atoms with E-state index in [-0.39, 0.29) is 36.1 Å². The Bertz CT molecular complexity index is 892. The van der Waals surface area contributed by atoms with Crippen LogP contribution >= 0.6 is 0 Å². The molecule has 1 aliphatic rings. The van der Waals surface area contributed by atoms with Gasteiger partial charge in [0, 0.05) is 12.0 Å². The van der Waals surface area contributed by atoms with Crippen molar-refractivity contribution in [3.05, 3.63) is 23.8 Å². The Hall–Kier alpha value is -2.24. The van der Waals surface area contributed by atoms with Crippen LogP contribution in [0.4, 0.5) is 0 Å². The van der Waals surface area contributed by atoms with Crippen molar-refractivity contribution >= 4 is 15.9 Å². The fourth-order valence-corrected chi connectivity index (χ4v) is 4.83. The first kappa shape index (κ1) is 25.0. The van der Waals surface area contributed by atoms with Gasteiger partial charge in [-0.2, -0.15) is 0 Å². The van der Waals surface area contributed by atoms with E-state index >= 15 is 0 Å². The standard InChI is InChI=1S/C23H34N2O5S/c1-6-14-30-20-13-12-17(15-21(20)29-5)18-10-8-9-11-19(18)24-23(26)22(16(3)4)25-31(27,28)7-2/h1,12-13,15-16,18-19,22,25H,7-11,14H2,2-5H3,(H,24,26)/t18?,19?,22-/m0/s1. The normalized spacial score (nSPS) is 20.0. The summed E-state index contributed by atoms with van der Waals surface area (Å²) in [6.45, 7) is 5.38. The first-order valence-electron chi connectivity index (χ1n) is 10.8. The molecule has 2 unspecified atom stereocenters. The fraction of sp³-hybridized carbons (Fsp3) is 0.609. The molecule has 8 heteroatoms.